The standard InChI is InChI=1S/C45H32N4/c1-45(2)38-17-6-10-21-43(38)49(44-22-11-7-18-39(44)45)34-27-32(30-13-12-14-31(25-30)35-15-4-8-19-40(35)46-3)26-33(28-34)48-41-20-9-5-16-36(41)37-29-47-24-23-42(37)48/h4-29H,1-2H3. The van der Waals surface area contributed by atoms with Crippen LogP contribution < -0.4 is 4.90 Å². The molecule has 0 amide bonds. The first-order chi connectivity index (χ1) is 24.0. The Balaban J connectivity index is 1.34. The number of anilines is 3. The van der Waals surface area contributed by atoms with Gasteiger partial charge in [-0.25, -0.2) is 4.85 Å². The minimum Gasteiger partial charge on any atom is -0.310 e. The van der Waals surface area contributed by atoms with Crippen molar-refractivity contribution >= 4 is 44.6 Å². The summed E-state index contributed by atoms with van der Waals surface area (Å²) in [7, 11) is 0. The van der Waals surface area contributed by atoms with Crippen molar-refractivity contribution in [2.45, 2.75) is 19.3 Å². The zero-order valence-electron chi connectivity index (χ0n) is 27.3. The highest BCUT2D eigenvalue weighted by Gasteiger charge is 2.36. The number of benzene rings is 6. The van der Waals surface area contributed by atoms with Crippen LogP contribution in [-0.2, 0) is 5.41 Å². The molecular weight excluding hydrogens is 597 g/mol. The molecule has 1 aliphatic rings. The lowest BCUT2D eigenvalue weighted by atomic mass is 9.73. The van der Waals surface area contributed by atoms with Gasteiger partial charge in [-0.3, -0.25) is 4.98 Å². The molecule has 0 saturated heterocycles. The maximum Gasteiger partial charge on any atom is 0.194 e. The molecule has 8 aromatic rings. The van der Waals surface area contributed by atoms with E-state index in [-0.39, 0.29) is 5.41 Å². The lowest BCUT2D eigenvalue weighted by Gasteiger charge is -2.42. The number of aromatic nitrogens is 2. The third-order valence-electron chi connectivity index (χ3n) is 10.1. The summed E-state index contributed by atoms with van der Waals surface area (Å²) in [4.78, 5) is 10.7. The lowest BCUT2D eigenvalue weighted by molar-refractivity contribution is 0.632. The Morgan fingerprint density at radius 2 is 1.22 bits per heavy atom. The number of hydrogen-bond acceptors (Lipinski definition) is 2. The first kappa shape index (κ1) is 28.8. The van der Waals surface area contributed by atoms with Crippen molar-refractivity contribution < 1.29 is 0 Å². The van der Waals surface area contributed by atoms with Gasteiger partial charge >= 0.3 is 0 Å². The third kappa shape index (κ3) is 4.47. The number of para-hydroxylation sites is 4. The van der Waals surface area contributed by atoms with Crippen LogP contribution in [0.15, 0.2) is 158 Å². The molecule has 4 nitrogen and oxygen atoms in total. The van der Waals surface area contributed by atoms with Crippen molar-refractivity contribution in [1.29, 1.82) is 0 Å². The average Bonchev–Trinajstić information content (AvgIpc) is 3.49. The predicted octanol–water partition coefficient (Wildman–Crippen LogP) is 12.2. The minimum atomic E-state index is -0.158. The molecule has 0 unspecified atom stereocenters. The molecule has 2 aromatic heterocycles. The van der Waals surface area contributed by atoms with Gasteiger partial charge in [0.15, 0.2) is 5.69 Å². The van der Waals surface area contributed by atoms with Gasteiger partial charge in [0.2, 0.25) is 0 Å². The van der Waals surface area contributed by atoms with Crippen LogP contribution in [0.5, 0.6) is 0 Å². The highest BCUT2D eigenvalue weighted by Crippen LogP contribution is 2.52. The second-order valence-corrected chi connectivity index (χ2v) is 13.2. The van der Waals surface area contributed by atoms with E-state index in [9.17, 15) is 0 Å². The lowest BCUT2D eigenvalue weighted by Crippen LogP contribution is -2.30. The summed E-state index contributed by atoms with van der Waals surface area (Å²) in [6.45, 7) is 12.4. The van der Waals surface area contributed by atoms with E-state index in [0.29, 0.717) is 5.69 Å². The summed E-state index contributed by atoms with van der Waals surface area (Å²) in [5.41, 5.74) is 14.0. The molecule has 4 heteroatoms. The van der Waals surface area contributed by atoms with Gasteiger partial charge in [0.25, 0.3) is 0 Å². The molecule has 0 atom stereocenters. The maximum atomic E-state index is 7.79. The Morgan fingerprint density at radius 3 is 2.02 bits per heavy atom. The van der Waals surface area contributed by atoms with E-state index in [4.69, 9.17) is 6.57 Å². The highest BCUT2D eigenvalue weighted by molar-refractivity contribution is 6.09. The van der Waals surface area contributed by atoms with Crippen molar-refractivity contribution in [3.63, 3.8) is 0 Å². The van der Waals surface area contributed by atoms with Gasteiger partial charge in [0.05, 0.1) is 29.0 Å². The Kier molecular flexibility index (Phi) is 6.50. The number of pyridine rings is 1. The summed E-state index contributed by atoms with van der Waals surface area (Å²) in [6.07, 6.45) is 3.84. The zero-order valence-corrected chi connectivity index (χ0v) is 27.3. The molecule has 0 radical (unpaired) electrons. The first-order valence-corrected chi connectivity index (χ1v) is 16.6. The normalized spacial score (nSPS) is 13.2. The highest BCUT2D eigenvalue weighted by atomic mass is 15.2. The minimum absolute atomic E-state index is 0.158. The molecule has 1 aliphatic heterocycles. The molecule has 3 heterocycles. The number of nitrogens with zero attached hydrogens (tertiary/aromatic N) is 4. The van der Waals surface area contributed by atoms with E-state index < -0.39 is 0 Å². The van der Waals surface area contributed by atoms with Crippen LogP contribution in [0.1, 0.15) is 25.0 Å². The molecule has 0 bridgehead atoms. The molecule has 0 N–H and O–H groups in total. The predicted molar refractivity (Wildman–Crippen MR) is 203 cm³/mol. The van der Waals surface area contributed by atoms with Gasteiger partial charge in [0, 0.05) is 40.0 Å². The molecule has 0 spiro atoms. The Hall–Kier alpha value is -6.44. The van der Waals surface area contributed by atoms with Gasteiger partial charge < -0.3 is 9.47 Å². The molecule has 6 aromatic carbocycles. The van der Waals surface area contributed by atoms with E-state index in [2.05, 4.69) is 154 Å². The summed E-state index contributed by atoms with van der Waals surface area (Å²) in [5, 5.41) is 2.30. The second kappa shape index (κ2) is 11.1. The molecule has 232 valence electrons. The molecule has 0 fully saturated rings. The van der Waals surface area contributed by atoms with Crippen LogP contribution in [0.4, 0.5) is 22.7 Å². The van der Waals surface area contributed by atoms with Gasteiger partial charge in [0.1, 0.15) is 0 Å². The van der Waals surface area contributed by atoms with Crippen molar-refractivity contribution in [3.05, 3.63) is 181 Å². The topological polar surface area (TPSA) is 25.4 Å². The van der Waals surface area contributed by atoms with Crippen LogP contribution in [0.2, 0.25) is 0 Å². The Labute approximate surface area is 286 Å². The van der Waals surface area contributed by atoms with Crippen molar-refractivity contribution in [2.24, 2.45) is 0 Å². The van der Waals surface area contributed by atoms with Crippen molar-refractivity contribution in [1.82, 2.24) is 9.55 Å². The average molecular weight is 629 g/mol. The fourth-order valence-corrected chi connectivity index (χ4v) is 7.74. The zero-order chi connectivity index (χ0) is 33.1. The Bertz CT molecular complexity index is 2520. The summed E-state index contributed by atoms with van der Waals surface area (Å²) >= 11 is 0. The van der Waals surface area contributed by atoms with E-state index in [1.165, 1.54) is 27.9 Å². The monoisotopic (exact) mass is 628 g/mol. The molecular formula is C45H32N4. The van der Waals surface area contributed by atoms with E-state index in [1.54, 1.807) is 0 Å². The number of rotatable bonds is 4. The molecule has 9 rings (SSSR count). The van der Waals surface area contributed by atoms with Gasteiger partial charge in [-0.15, -0.1) is 0 Å². The fourth-order valence-electron chi connectivity index (χ4n) is 7.74. The smallest absolute Gasteiger partial charge is 0.194 e. The van der Waals surface area contributed by atoms with Crippen molar-refractivity contribution in [2.75, 3.05) is 4.90 Å². The molecule has 0 saturated carbocycles. The van der Waals surface area contributed by atoms with Crippen LogP contribution >= 0.6 is 0 Å². The summed E-state index contributed by atoms with van der Waals surface area (Å²) < 4.78 is 2.36. The van der Waals surface area contributed by atoms with Crippen molar-refractivity contribution in [3.8, 4) is 27.9 Å². The van der Waals surface area contributed by atoms with Gasteiger partial charge in [-0.1, -0.05) is 111 Å². The van der Waals surface area contributed by atoms with Crippen LogP contribution in [0.25, 0.3) is 54.6 Å². The third-order valence-corrected chi connectivity index (χ3v) is 10.1. The number of fused-ring (bicyclic) bond motifs is 5. The molecule has 49 heavy (non-hydrogen) atoms. The summed E-state index contributed by atoms with van der Waals surface area (Å²) in [6, 6.07) is 51.6. The largest absolute Gasteiger partial charge is 0.310 e. The van der Waals surface area contributed by atoms with E-state index in [1.807, 2.05) is 36.7 Å². The van der Waals surface area contributed by atoms with E-state index >= 15 is 0 Å². The van der Waals surface area contributed by atoms with Gasteiger partial charge in [-0.2, -0.15) is 0 Å². The quantitative estimate of drug-likeness (QED) is 0.181. The Morgan fingerprint density at radius 1 is 0.571 bits per heavy atom. The number of hydrogen-bond donors (Lipinski definition) is 0. The van der Waals surface area contributed by atoms with Crippen LogP contribution in [0.3, 0.4) is 0 Å². The van der Waals surface area contributed by atoms with Crippen LogP contribution in [-0.4, -0.2) is 9.55 Å². The SMILES string of the molecule is [C-]#[N+]c1ccccc1-c1cccc(-c2cc(N3c4ccccc4C(C)(C)c4ccccc43)cc(-n3c4ccccc4c4cnccc43)c2)c1. The fraction of sp³-hybridized carbons (Fsp3) is 0.0667. The molecule has 0 aliphatic carbocycles. The van der Waals surface area contributed by atoms with Crippen LogP contribution in [0, 0.1) is 6.57 Å². The summed E-state index contributed by atoms with van der Waals surface area (Å²) in [5.74, 6) is 0. The van der Waals surface area contributed by atoms with E-state index in [0.717, 1.165) is 50.0 Å². The second-order valence-electron chi connectivity index (χ2n) is 13.2. The maximum absolute atomic E-state index is 7.79. The first-order valence-electron chi connectivity index (χ1n) is 16.6. The van der Waals surface area contributed by atoms with Gasteiger partial charge in [-0.05, 0) is 81.9 Å².